The van der Waals surface area contributed by atoms with Gasteiger partial charge in [-0.25, -0.2) is 0 Å². The number of aliphatic hydroxyl groups excluding tert-OH is 1. The molecule has 0 atom stereocenters. The van der Waals surface area contributed by atoms with Crippen LogP contribution in [-0.2, 0) is 0 Å². The molecule has 0 aromatic heterocycles. The normalized spacial score (nSPS) is 25.7. The zero-order valence-electron chi connectivity index (χ0n) is 14.5. The van der Waals surface area contributed by atoms with E-state index in [0.29, 0.717) is 5.41 Å². The Labute approximate surface area is 131 Å². The summed E-state index contributed by atoms with van der Waals surface area (Å²) in [4.78, 5) is 2.61. The van der Waals surface area contributed by atoms with E-state index in [9.17, 15) is 5.11 Å². The molecule has 1 aliphatic heterocycles. The minimum absolute atomic E-state index is 0.0565. The number of hydrogen-bond donors (Lipinski definition) is 2. The van der Waals surface area contributed by atoms with Gasteiger partial charge >= 0.3 is 0 Å². The third-order valence-electron chi connectivity index (χ3n) is 5.27. The fourth-order valence-corrected chi connectivity index (χ4v) is 3.87. The molecule has 1 aliphatic carbocycles. The predicted octanol–water partition coefficient (Wildman–Crippen LogP) is 3.17. The van der Waals surface area contributed by atoms with Crippen LogP contribution in [0.1, 0.15) is 72.1 Å². The van der Waals surface area contributed by atoms with Gasteiger partial charge in [0.15, 0.2) is 0 Å². The number of hydrogen-bond acceptors (Lipinski definition) is 3. The number of piperidine rings is 1. The van der Waals surface area contributed by atoms with E-state index in [4.69, 9.17) is 0 Å². The summed E-state index contributed by atoms with van der Waals surface area (Å²) < 4.78 is 0. The Morgan fingerprint density at radius 2 is 1.62 bits per heavy atom. The maximum absolute atomic E-state index is 9.71. The first-order chi connectivity index (χ1) is 9.89. The lowest BCUT2D eigenvalue weighted by Gasteiger charge is -2.42. The van der Waals surface area contributed by atoms with Crippen molar-refractivity contribution in [3.8, 4) is 0 Å². The molecule has 0 bridgehead atoms. The van der Waals surface area contributed by atoms with Crippen molar-refractivity contribution in [3.05, 3.63) is 0 Å². The summed E-state index contributed by atoms with van der Waals surface area (Å²) in [5.74, 6) is 0. The maximum atomic E-state index is 9.71. The van der Waals surface area contributed by atoms with Crippen molar-refractivity contribution in [2.24, 2.45) is 5.41 Å². The summed E-state index contributed by atoms with van der Waals surface area (Å²) in [7, 11) is 0. The van der Waals surface area contributed by atoms with E-state index in [1.807, 2.05) is 0 Å². The van der Waals surface area contributed by atoms with Crippen LogP contribution in [0.15, 0.2) is 0 Å². The van der Waals surface area contributed by atoms with Crippen LogP contribution in [-0.4, -0.2) is 47.8 Å². The van der Waals surface area contributed by atoms with Gasteiger partial charge in [-0.05, 0) is 51.9 Å². The average molecular weight is 296 g/mol. The summed E-state index contributed by atoms with van der Waals surface area (Å²) >= 11 is 0. The molecule has 1 heterocycles. The molecule has 3 nitrogen and oxygen atoms in total. The van der Waals surface area contributed by atoms with Crippen molar-refractivity contribution in [1.29, 1.82) is 0 Å². The van der Waals surface area contributed by atoms with Crippen molar-refractivity contribution in [3.63, 3.8) is 0 Å². The molecule has 2 aliphatic rings. The van der Waals surface area contributed by atoms with E-state index in [0.717, 1.165) is 32.5 Å². The molecule has 0 unspecified atom stereocenters. The number of nitrogens with one attached hydrogen (secondary N) is 1. The van der Waals surface area contributed by atoms with Gasteiger partial charge in [-0.15, -0.1) is 0 Å². The van der Waals surface area contributed by atoms with Crippen molar-refractivity contribution in [2.75, 3.05) is 26.2 Å². The zero-order chi connectivity index (χ0) is 15.3. The Bertz CT molecular complexity index is 295. The molecule has 124 valence electrons. The quantitative estimate of drug-likeness (QED) is 0.782. The summed E-state index contributed by atoms with van der Waals surface area (Å²) in [5.41, 5.74) is 0.656. The van der Waals surface area contributed by atoms with Crippen LogP contribution in [0, 0.1) is 5.41 Å². The monoisotopic (exact) mass is 296 g/mol. The van der Waals surface area contributed by atoms with Gasteiger partial charge in [0.1, 0.15) is 0 Å². The van der Waals surface area contributed by atoms with Gasteiger partial charge in [0, 0.05) is 31.7 Å². The van der Waals surface area contributed by atoms with Crippen LogP contribution in [0.2, 0.25) is 0 Å². The highest BCUT2D eigenvalue weighted by molar-refractivity contribution is 4.90. The van der Waals surface area contributed by atoms with Crippen LogP contribution in [0.5, 0.6) is 0 Å². The van der Waals surface area contributed by atoms with Crippen LogP contribution in [0.3, 0.4) is 0 Å². The SMILES string of the molecule is CC(C)(C)NCC1(CN2CCC(O)CC2)CCCCCC1. The van der Waals surface area contributed by atoms with E-state index in [-0.39, 0.29) is 11.6 Å². The molecular formula is C18H36N2O. The van der Waals surface area contributed by atoms with Gasteiger partial charge in [0.25, 0.3) is 0 Å². The molecule has 0 aromatic rings. The van der Waals surface area contributed by atoms with E-state index >= 15 is 0 Å². The zero-order valence-corrected chi connectivity index (χ0v) is 14.5. The molecule has 2 rings (SSSR count). The van der Waals surface area contributed by atoms with Crippen molar-refractivity contribution in [2.45, 2.75) is 83.8 Å². The van der Waals surface area contributed by atoms with E-state index < -0.39 is 0 Å². The molecule has 0 radical (unpaired) electrons. The Morgan fingerprint density at radius 3 is 2.14 bits per heavy atom. The minimum atomic E-state index is -0.0565. The van der Waals surface area contributed by atoms with Gasteiger partial charge < -0.3 is 15.3 Å². The molecule has 3 heteroatoms. The first-order valence-electron chi connectivity index (χ1n) is 9.04. The summed E-state index contributed by atoms with van der Waals surface area (Å²) in [6.45, 7) is 11.4. The number of likely N-dealkylation sites (tertiary alicyclic amines) is 1. The smallest absolute Gasteiger partial charge is 0.0564 e. The van der Waals surface area contributed by atoms with E-state index in [1.165, 1.54) is 45.1 Å². The third kappa shape index (κ3) is 5.88. The highest BCUT2D eigenvalue weighted by atomic mass is 16.3. The third-order valence-corrected chi connectivity index (χ3v) is 5.27. The Kier molecular flexibility index (Phi) is 6.10. The summed E-state index contributed by atoms with van der Waals surface area (Å²) in [6.07, 6.45) is 10.2. The fourth-order valence-electron chi connectivity index (χ4n) is 3.87. The van der Waals surface area contributed by atoms with E-state index in [1.54, 1.807) is 0 Å². The van der Waals surface area contributed by atoms with Crippen molar-refractivity contribution in [1.82, 2.24) is 10.2 Å². The molecule has 21 heavy (non-hydrogen) atoms. The second-order valence-corrected chi connectivity index (χ2v) is 8.53. The molecule has 1 saturated heterocycles. The molecule has 0 amide bonds. The lowest BCUT2D eigenvalue weighted by molar-refractivity contribution is 0.0485. The standard InChI is InChI=1S/C18H36N2O/c1-17(2,3)19-14-18(10-6-4-5-7-11-18)15-20-12-8-16(21)9-13-20/h16,19,21H,4-15H2,1-3H3. The highest BCUT2D eigenvalue weighted by Gasteiger charge is 2.34. The number of nitrogens with zero attached hydrogens (tertiary/aromatic N) is 1. The van der Waals surface area contributed by atoms with Crippen molar-refractivity contribution < 1.29 is 5.11 Å². The first kappa shape index (κ1) is 17.2. The largest absolute Gasteiger partial charge is 0.393 e. The Balaban J connectivity index is 1.96. The first-order valence-corrected chi connectivity index (χ1v) is 9.04. The molecule has 2 N–H and O–H groups in total. The van der Waals surface area contributed by atoms with E-state index in [2.05, 4.69) is 31.0 Å². The van der Waals surface area contributed by atoms with Crippen LogP contribution in [0.25, 0.3) is 0 Å². The number of rotatable bonds is 4. The maximum Gasteiger partial charge on any atom is 0.0564 e. The van der Waals surface area contributed by atoms with Crippen LogP contribution in [0.4, 0.5) is 0 Å². The Hall–Kier alpha value is -0.120. The van der Waals surface area contributed by atoms with Gasteiger partial charge in [-0.1, -0.05) is 25.7 Å². The van der Waals surface area contributed by atoms with Gasteiger partial charge in [0.2, 0.25) is 0 Å². The second-order valence-electron chi connectivity index (χ2n) is 8.53. The summed E-state index contributed by atoms with van der Waals surface area (Å²) in [6, 6.07) is 0. The van der Waals surface area contributed by atoms with Crippen LogP contribution >= 0.6 is 0 Å². The molecule has 0 spiro atoms. The molecule has 0 aromatic carbocycles. The van der Waals surface area contributed by atoms with Gasteiger partial charge in [-0.3, -0.25) is 0 Å². The molecule has 1 saturated carbocycles. The van der Waals surface area contributed by atoms with Crippen molar-refractivity contribution >= 4 is 0 Å². The molecule has 2 fully saturated rings. The minimum Gasteiger partial charge on any atom is -0.393 e. The fraction of sp³-hybridized carbons (Fsp3) is 1.00. The topological polar surface area (TPSA) is 35.5 Å². The summed E-state index contributed by atoms with van der Waals surface area (Å²) in [5, 5.41) is 13.5. The average Bonchev–Trinajstić information content (AvgIpc) is 2.65. The number of aliphatic hydroxyl groups is 1. The second kappa shape index (κ2) is 7.43. The Morgan fingerprint density at radius 1 is 1.05 bits per heavy atom. The van der Waals surface area contributed by atoms with Gasteiger partial charge in [-0.2, -0.15) is 0 Å². The highest BCUT2D eigenvalue weighted by Crippen LogP contribution is 2.36. The lowest BCUT2D eigenvalue weighted by atomic mass is 9.78. The predicted molar refractivity (Wildman–Crippen MR) is 89.6 cm³/mol. The lowest BCUT2D eigenvalue weighted by Crippen LogP contribution is -2.50. The van der Waals surface area contributed by atoms with Crippen LogP contribution < -0.4 is 5.32 Å². The molecular weight excluding hydrogens is 260 g/mol. The van der Waals surface area contributed by atoms with Gasteiger partial charge in [0.05, 0.1) is 6.10 Å².